The largest absolute Gasteiger partial charge is 0.461 e. The number of hydrogen-bond acceptors (Lipinski definition) is 4. The smallest absolute Gasteiger partial charge is 0.356 e. The van der Waals surface area contributed by atoms with Crippen LogP contribution >= 0.6 is 15.9 Å². The van der Waals surface area contributed by atoms with E-state index in [1.165, 1.54) is 0 Å². The average Bonchev–Trinajstić information content (AvgIpc) is 3.16. The third kappa shape index (κ3) is 2.57. The fourth-order valence-corrected chi connectivity index (χ4v) is 3.64. The van der Waals surface area contributed by atoms with Crippen LogP contribution in [0.3, 0.4) is 0 Å². The number of halogens is 1. The van der Waals surface area contributed by atoms with Crippen molar-refractivity contribution in [2.24, 2.45) is 0 Å². The Balaban J connectivity index is 2.04. The first-order chi connectivity index (χ1) is 12.1. The van der Waals surface area contributed by atoms with Gasteiger partial charge in [0.15, 0.2) is 11.5 Å². The van der Waals surface area contributed by atoms with E-state index in [1.807, 2.05) is 47.9 Å². The Hall–Kier alpha value is -2.47. The first-order valence-electron chi connectivity index (χ1n) is 7.98. The van der Waals surface area contributed by atoms with E-state index in [1.54, 1.807) is 6.92 Å². The Bertz CT molecular complexity index is 975. The van der Waals surface area contributed by atoms with Crippen molar-refractivity contribution in [2.45, 2.75) is 13.8 Å². The average molecular weight is 402 g/mol. The summed E-state index contributed by atoms with van der Waals surface area (Å²) in [5.41, 5.74) is 3.32. The molecule has 0 radical (unpaired) electrons. The van der Waals surface area contributed by atoms with Crippen LogP contribution in [0, 0.1) is 6.92 Å². The van der Waals surface area contributed by atoms with Crippen LogP contribution in [0.15, 0.2) is 40.9 Å². The molecule has 0 saturated heterocycles. The first-order valence-corrected chi connectivity index (χ1v) is 8.77. The molecule has 3 aromatic rings. The maximum atomic E-state index is 12.6. The number of aryl methyl sites for hydroxylation is 1. The summed E-state index contributed by atoms with van der Waals surface area (Å²) in [5.74, 6) is 0.957. The van der Waals surface area contributed by atoms with Crippen molar-refractivity contribution in [1.29, 1.82) is 0 Å². The fraction of sp³-hybridized carbons (Fsp3) is 0.211. The normalized spacial score (nSPS) is 12.6. The van der Waals surface area contributed by atoms with Crippen LogP contribution in [-0.4, -0.2) is 23.9 Å². The van der Waals surface area contributed by atoms with E-state index < -0.39 is 0 Å². The van der Waals surface area contributed by atoms with Crippen molar-refractivity contribution < 1.29 is 19.0 Å². The molecule has 2 heterocycles. The van der Waals surface area contributed by atoms with E-state index in [4.69, 9.17) is 14.2 Å². The van der Waals surface area contributed by atoms with Gasteiger partial charge in [-0.2, -0.15) is 0 Å². The summed E-state index contributed by atoms with van der Waals surface area (Å²) >= 11 is 3.58. The number of ether oxygens (including phenoxy) is 3. The van der Waals surface area contributed by atoms with Crippen LogP contribution in [0.5, 0.6) is 11.5 Å². The number of benzene rings is 2. The lowest BCUT2D eigenvalue weighted by molar-refractivity contribution is 0.0516. The van der Waals surface area contributed by atoms with Gasteiger partial charge in [-0.1, -0.05) is 17.7 Å². The Morgan fingerprint density at radius 1 is 1.20 bits per heavy atom. The molecule has 0 saturated carbocycles. The number of carbonyl (C=O) groups excluding carboxylic acids is 1. The number of nitrogens with zero attached hydrogens (tertiary/aromatic N) is 1. The van der Waals surface area contributed by atoms with Gasteiger partial charge in [0.2, 0.25) is 6.79 Å². The van der Waals surface area contributed by atoms with Crippen molar-refractivity contribution in [3.63, 3.8) is 0 Å². The lowest BCUT2D eigenvalue weighted by atomic mass is 10.2. The van der Waals surface area contributed by atoms with E-state index in [9.17, 15) is 4.79 Å². The number of carbonyl (C=O) groups is 1. The van der Waals surface area contributed by atoms with Crippen molar-refractivity contribution >= 4 is 32.8 Å². The summed E-state index contributed by atoms with van der Waals surface area (Å²) in [4.78, 5) is 12.6. The van der Waals surface area contributed by atoms with Crippen LogP contribution in [0.4, 0.5) is 0 Å². The molecule has 0 unspecified atom stereocenters. The van der Waals surface area contributed by atoms with Gasteiger partial charge >= 0.3 is 5.97 Å². The summed E-state index contributed by atoms with van der Waals surface area (Å²) in [6.07, 6.45) is 0. The van der Waals surface area contributed by atoms with Crippen LogP contribution in [0.2, 0.25) is 0 Å². The summed E-state index contributed by atoms with van der Waals surface area (Å²) in [6, 6.07) is 11.8. The molecular formula is C19H16BrNO4. The van der Waals surface area contributed by atoms with E-state index in [0.29, 0.717) is 28.3 Å². The van der Waals surface area contributed by atoms with Gasteiger partial charge in [-0.3, -0.25) is 0 Å². The first kappa shape index (κ1) is 16.0. The molecule has 1 aliphatic heterocycles. The highest BCUT2D eigenvalue weighted by Crippen LogP contribution is 2.42. The summed E-state index contributed by atoms with van der Waals surface area (Å²) in [6.45, 7) is 4.33. The molecule has 1 aliphatic rings. The quantitative estimate of drug-likeness (QED) is 0.601. The zero-order chi connectivity index (χ0) is 17.6. The maximum absolute atomic E-state index is 12.6. The highest BCUT2D eigenvalue weighted by Gasteiger charge is 2.26. The van der Waals surface area contributed by atoms with Crippen molar-refractivity contribution in [3.05, 3.63) is 52.1 Å². The highest BCUT2D eigenvalue weighted by molar-refractivity contribution is 9.10. The minimum absolute atomic E-state index is 0.203. The molecule has 0 aliphatic carbocycles. The molecule has 25 heavy (non-hydrogen) atoms. The number of hydrogen-bond donors (Lipinski definition) is 0. The number of fused-ring (bicyclic) bond motifs is 2. The molecule has 0 spiro atoms. The summed E-state index contributed by atoms with van der Waals surface area (Å²) < 4.78 is 18.8. The van der Waals surface area contributed by atoms with Gasteiger partial charge in [0.25, 0.3) is 0 Å². The molecule has 0 atom stereocenters. The predicted octanol–water partition coefficient (Wildman–Crippen LogP) is 4.61. The minimum atomic E-state index is -0.381. The van der Waals surface area contributed by atoms with Gasteiger partial charge in [-0.15, -0.1) is 0 Å². The molecule has 0 fully saturated rings. The molecule has 1 aromatic heterocycles. The zero-order valence-corrected chi connectivity index (χ0v) is 15.4. The molecule has 0 N–H and O–H groups in total. The van der Waals surface area contributed by atoms with Crippen LogP contribution in [0.25, 0.3) is 16.6 Å². The molecule has 6 heteroatoms. The SMILES string of the molecule is CCOC(=O)c1c(Br)c2cc3c(cc2n1-c1ccc(C)cc1)OCO3. The topological polar surface area (TPSA) is 49.7 Å². The van der Waals surface area contributed by atoms with E-state index in [2.05, 4.69) is 15.9 Å². The molecule has 4 rings (SSSR count). The predicted molar refractivity (Wildman–Crippen MR) is 97.8 cm³/mol. The number of rotatable bonds is 3. The second-order valence-corrected chi connectivity index (χ2v) is 6.57. The van der Waals surface area contributed by atoms with Gasteiger partial charge in [0.1, 0.15) is 5.69 Å². The molecule has 0 amide bonds. The third-order valence-electron chi connectivity index (χ3n) is 4.16. The van der Waals surface area contributed by atoms with Gasteiger partial charge in [-0.05, 0) is 48.0 Å². The van der Waals surface area contributed by atoms with Crippen LogP contribution in [0.1, 0.15) is 23.0 Å². The molecular weight excluding hydrogens is 386 g/mol. The molecule has 2 aromatic carbocycles. The highest BCUT2D eigenvalue weighted by atomic mass is 79.9. The van der Waals surface area contributed by atoms with Gasteiger partial charge in [0, 0.05) is 17.1 Å². The Labute approximate surface area is 153 Å². The van der Waals surface area contributed by atoms with Gasteiger partial charge in [0.05, 0.1) is 16.6 Å². The fourth-order valence-electron chi connectivity index (χ4n) is 2.98. The van der Waals surface area contributed by atoms with Crippen molar-refractivity contribution in [2.75, 3.05) is 13.4 Å². The third-order valence-corrected chi connectivity index (χ3v) is 4.96. The standard InChI is InChI=1S/C19H16BrNO4/c1-3-23-19(22)18-17(20)13-8-15-16(25-10-24-15)9-14(13)21(18)12-6-4-11(2)5-7-12/h4-9H,3,10H2,1-2H3. The van der Waals surface area contributed by atoms with Gasteiger partial charge < -0.3 is 18.8 Å². The maximum Gasteiger partial charge on any atom is 0.356 e. The van der Waals surface area contributed by atoms with Crippen molar-refractivity contribution in [3.8, 4) is 17.2 Å². The van der Waals surface area contributed by atoms with E-state index in [-0.39, 0.29) is 12.8 Å². The summed E-state index contributed by atoms with van der Waals surface area (Å²) in [7, 11) is 0. The van der Waals surface area contributed by atoms with Gasteiger partial charge in [-0.25, -0.2) is 4.79 Å². The van der Waals surface area contributed by atoms with Crippen LogP contribution in [-0.2, 0) is 4.74 Å². The minimum Gasteiger partial charge on any atom is -0.461 e. The summed E-state index contributed by atoms with van der Waals surface area (Å²) in [5, 5.41) is 0.868. The van der Waals surface area contributed by atoms with Crippen LogP contribution < -0.4 is 9.47 Å². The van der Waals surface area contributed by atoms with E-state index >= 15 is 0 Å². The zero-order valence-electron chi connectivity index (χ0n) is 13.8. The molecule has 5 nitrogen and oxygen atoms in total. The number of aromatic nitrogens is 1. The van der Waals surface area contributed by atoms with E-state index in [0.717, 1.165) is 22.2 Å². The Morgan fingerprint density at radius 3 is 2.56 bits per heavy atom. The lowest BCUT2D eigenvalue weighted by Gasteiger charge is -2.11. The monoisotopic (exact) mass is 401 g/mol. The number of esters is 1. The second-order valence-electron chi connectivity index (χ2n) is 5.78. The van der Waals surface area contributed by atoms with Crippen molar-refractivity contribution in [1.82, 2.24) is 4.57 Å². The Morgan fingerprint density at radius 2 is 1.88 bits per heavy atom. The lowest BCUT2D eigenvalue weighted by Crippen LogP contribution is -2.11. The Kier molecular flexibility index (Phi) is 3.92. The second kappa shape index (κ2) is 6.11. The molecule has 0 bridgehead atoms. The molecule has 128 valence electrons.